The van der Waals surface area contributed by atoms with Crippen LogP contribution in [0.5, 0.6) is 0 Å². The fourth-order valence-electron chi connectivity index (χ4n) is 3.46. The summed E-state index contributed by atoms with van der Waals surface area (Å²) in [4.78, 5) is 17.3. The van der Waals surface area contributed by atoms with Gasteiger partial charge >= 0.3 is 12.4 Å². The van der Waals surface area contributed by atoms with E-state index in [2.05, 4.69) is 4.98 Å². The molecule has 0 radical (unpaired) electrons. The first-order chi connectivity index (χ1) is 15.0. The van der Waals surface area contributed by atoms with Gasteiger partial charge in [0.05, 0.1) is 22.6 Å². The number of sulfonamides is 1. The predicted molar refractivity (Wildman–Crippen MR) is 103 cm³/mol. The van der Waals surface area contributed by atoms with Crippen molar-refractivity contribution < 1.29 is 43.9 Å². The van der Waals surface area contributed by atoms with Crippen LogP contribution in [0, 0.1) is 12.7 Å². The van der Waals surface area contributed by atoms with Crippen LogP contribution in [-0.2, 0) is 27.2 Å². The van der Waals surface area contributed by atoms with Crippen LogP contribution in [0.15, 0.2) is 30.3 Å². The standard InChI is InChI=1S/C19H16F7N3O3S/c1-10-8-11(18(21,22)23)9-15(27-10)29-14(6-7-33(29,31)32)17(30)28(2)13-5-3-4-12(16(13)20)19(24,25)26/h3-5,8-9,14H,6-7H2,1-2H3/t14-/m0/s1. The first-order valence-corrected chi connectivity index (χ1v) is 10.9. The molecule has 0 unspecified atom stereocenters. The fourth-order valence-corrected chi connectivity index (χ4v) is 5.14. The van der Waals surface area contributed by atoms with E-state index < -0.39 is 68.5 Å². The normalized spacial score (nSPS) is 18.5. The number of carbonyl (C=O) groups excluding carboxylic acids is 1. The highest BCUT2D eigenvalue weighted by atomic mass is 32.2. The number of anilines is 2. The molecule has 1 fully saturated rings. The highest BCUT2D eigenvalue weighted by molar-refractivity contribution is 7.93. The average Bonchev–Trinajstić information content (AvgIpc) is 3.00. The molecule has 14 heteroatoms. The van der Waals surface area contributed by atoms with Gasteiger partial charge in [-0.15, -0.1) is 0 Å². The lowest BCUT2D eigenvalue weighted by Crippen LogP contribution is -2.46. The molecule has 3 rings (SSSR count). The largest absolute Gasteiger partial charge is 0.419 e. The van der Waals surface area contributed by atoms with Crippen molar-refractivity contribution in [3.63, 3.8) is 0 Å². The fraction of sp³-hybridized carbons (Fsp3) is 0.368. The minimum absolute atomic E-state index is 0.176. The Kier molecular flexibility index (Phi) is 6.11. The second-order valence-corrected chi connectivity index (χ2v) is 9.27. The van der Waals surface area contributed by atoms with Crippen molar-refractivity contribution in [2.45, 2.75) is 31.7 Å². The summed E-state index contributed by atoms with van der Waals surface area (Å²) in [5, 5.41) is 0. The van der Waals surface area contributed by atoms with Crippen molar-refractivity contribution in [3.05, 3.63) is 53.0 Å². The van der Waals surface area contributed by atoms with Crippen molar-refractivity contribution in [1.29, 1.82) is 0 Å². The summed E-state index contributed by atoms with van der Waals surface area (Å²) in [6, 6.07) is 1.74. The molecule has 2 aromatic rings. The second-order valence-electron chi connectivity index (χ2n) is 7.30. The number of aromatic nitrogens is 1. The Morgan fingerprint density at radius 3 is 2.33 bits per heavy atom. The van der Waals surface area contributed by atoms with Crippen LogP contribution in [0.25, 0.3) is 0 Å². The smallest absolute Gasteiger partial charge is 0.311 e. The Morgan fingerprint density at radius 2 is 1.76 bits per heavy atom. The van der Waals surface area contributed by atoms with Crippen LogP contribution in [-0.4, -0.2) is 38.2 Å². The molecule has 2 heterocycles. The maximum absolute atomic E-state index is 14.5. The summed E-state index contributed by atoms with van der Waals surface area (Å²) in [7, 11) is -3.35. The summed E-state index contributed by atoms with van der Waals surface area (Å²) in [5.41, 5.74) is -3.78. The van der Waals surface area contributed by atoms with Crippen molar-refractivity contribution in [2.75, 3.05) is 22.0 Å². The van der Waals surface area contributed by atoms with Crippen LogP contribution in [0.2, 0.25) is 0 Å². The van der Waals surface area contributed by atoms with Gasteiger partial charge in [0.15, 0.2) is 5.82 Å². The number of carbonyl (C=O) groups is 1. The molecule has 1 saturated heterocycles. The van der Waals surface area contributed by atoms with Crippen LogP contribution >= 0.6 is 0 Å². The van der Waals surface area contributed by atoms with Gasteiger partial charge in [0.1, 0.15) is 11.9 Å². The van der Waals surface area contributed by atoms with Gasteiger partial charge in [-0.3, -0.25) is 4.79 Å². The Bertz CT molecular complexity index is 1200. The van der Waals surface area contributed by atoms with Gasteiger partial charge in [-0.25, -0.2) is 22.1 Å². The molecule has 0 N–H and O–H groups in total. The van der Waals surface area contributed by atoms with Crippen LogP contribution in [0.3, 0.4) is 0 Å². The molecule has 0 aliphatic carbocycles. The molecule has 6 nitrogen and oxygen atoms in total. The van der Waals surface area contributed by atoms with E-state index in [1.54, 1.807) is 0 Å². The SMILES string of the molecule is Cc1cc(C(F)(F)F)cc(N2[C@H](C(=O)N(C)c3cccc(C(F)(F)F)c3F)CCS2(=O)=O)n1. The Hall–Kier alpha value is -2.90. The topological polar surface area (TPSA) is 70.6 Å². The van der Waals surface area contributed by atoms with Crippen LogP contribution < -0.4 is 9.21 Å². The van der Waals surface area contributed by atoms with E-state index >= 15 is 0 Å². The minimum atomic E-state index is -5.05. The van der Waals surface area contributed by atoms with Crippen molar-refractivity contribution >= 4 is 27.4 Å². The number of hydrogen-bond acceptors (Lipinski definition) is 4. The number of alkyl halides is 6. The Balaban J connectivity index is 2.05. The average molecular weight is 499 g/mol. The van der Waals surface area contributed by atoms with Gasteiger partial charge in [-0.2, -0.15) is 26.3 Å². The summed E-state index contributed by atoms with van der Waals surface area (Å²) < 4.78 is 119. The molecule has 0 spiro atoms. The quantitative estimate of drug-likeness (QED) is 0.596. The van der Waals surface area contributed by atoms with Gasteiger partial charge in [-0.1, -0.05) is 6.07 Å². The molecule has 0 bridgehead atoms. The number of halogens is 7. The zero-order chi connectivity index (χ0) is 24.9. The monoisotopic (exact) mass is 499 g/mol. The molecule has 1 aromatic carbocycles. The van der Waals surface area contributed by atoms with E-state index in [9.17, 15) is 43.9 Å². The van der Waals surface area contributed by atoms with Gasteiger partial charge in [0, 0.05) is 12.7 Å². The van der Waals surface area contributed by atoms with Crippen LogP contribution in [0.1, 0.15) is 23.2 Å². The number of aryl methyl sites for hydroxylation is 1. The summed E-state index contributed by atoms with van der Waals surface area (Å²) in [6.45, 7) is 1.20. The molecule has 180 valence electrons. The zero-order valence-corrected chi connectivity index (χ0v) is 17.8. The first kappa shape index (κ1) is 24.7. The third-order valence-electron chi connectivity index (χ3n) is 4.99. The number of hydrogen-bond donors (Lipinski definition) is 0. The number of benzene rings is 1. The maximum atomic E-state index is 14.5. The predicted octanol–water partition coefficient (Wildman–Crippen LogP) is 4.14. The third-order valence-corrected chi connectivity index (χ3v) is 6.78. The lowest BCUT2D eigenvalue weighted by Gasteiger charge is -2.28. The number of rotatable bonds is 3. The van der Waals surface area contributed by atoms with Gasteiger partial charge in [-0.05, 0) is 37.6 Å². The highest BCUT2D eigenvalue weighted by Crippen LogP contribution is 2.37. The highest BCUT2D eigenvalue weighted by Gasteiger charge is 2.45. The van der Waals surface area contributed by atoms with Crippen molar-refractivity contribution in [3.8, 4) is 0 Å². The minimum Gasteiger partial charge on any atom is -0.311 e. The summed E-state index contributed by atoms with van der Waals surface area (Å²) in [6.07, 6.45) is -10.3. The molecular weight excluding hydrogens is 483 g/mol. The van der Waals surface area contributed by atoms with E-state index in [0.29, 0.717) is 27.4 Å². The van der Waals surface area contributed by atoms with E-state index in [0.717, 1.165) is 19.2 Å². The number of pyridine rings is 1. The lowest BCUT2D eigenvalue weighted by molar-refractivity contribution is -0.140. The second kappa shape index (κ2) is 8.15. The van der Waals surface area contributed by atoms with E-state index in [1.807, 2.05) is 0 Å². The molecule has 1 aliphatic rings. The molecule has 1 amide bonds. The number of nitrogens with zero attached hydrogens (tertiary/aromatic N) is 3. The molecule has 33 heavy (non-hydrogen) atoms. The maximum Gasteiger partial charge on any atom is 0.419 e. The van der Waals surface area contributed by atoms with Crippen molar-refractivity contribution in [1.82, 2.24) is 4.98 Å². The van der Waals surface area contributed by atoms with E-state index in [-0.39, 0.29) is 12.1 Å². The third kappa shape index (κ3) is 4.75. The number of likely N-dealkylation sites (N-methyl/N-ethyl adjacent to an activating group) is 1. The summed E-state index contributed by atoms with van der Waals surface area (Å²) in [5.74, 6) is -4.18. The van der Waals surface area contributed by atoms with E-state index in [1.165, 1.54) is 6.92 Å². The molecule has 0 saturated carbocycles. The van der Waals surface area contributed by atoms with Crippen molar-refractivity contribution in [2.24, 2.45) is 0 Å². The Labute approximate surface area is 183 Å². The van der Waals surface area contributed by atoms with Crippen LogP contribution in [0.4, 0.5) is 42.2 Å². The van der Waals surface area contributed by atoms with Gasteiger partial charge in [0.2, 0.25) is 10.0 Å². The lowest BCUT2D eigenvalue weighted by atomic mass is 10.1. The first-order valence-electron chi connectivity index (χ1n) is 9.25. The van der Waals surface area contributed by atoms with Gasteiger partial charge in [0.25, 0.3) is 5.91 Å². The van der Waals surface area contributed by atoms with Gasteiger partial charge < -0.3 is 4.90 Å². The summed E-state index contributed by atoms with van der Waals surface area (Å²) >= 11 is 0. The zero-order valence-electron chi connectivity index (χ0n) is 17.0. The number of amides is 1. The molecule has 1 aliphatic heterocycles. The molecular formula is C19H16F7N3O3S. The molecule has 1 aromatic heterocycles. The van der Waals surface area contributed by atoms with E-state index in [4.69, 9.17) is 0 Å². The Morgan fingerprint density at radius 1 is 1.12 bits per heavy atom. The molecule has 1 atom stereocenters.